The number of thioether (sulfide) groups is 1. The second kappa shape index (κ2) is 6.84. The highest BCUT2D eigenvalue weighted by Gasteiger charge is 2.19. The van der Waals surface area contributed by atoms with Crippen LogP contribution in [-0.4, -0.2) is 36.7 Å². The lowest BCUT2D eigenvalue weighted by molar-refractivity contribution is -0.142. The number of rotatable bonds is 6. The maximum absolute atomic E-state index is 11.0. The zero-order valence-corrected chi connectivity index (χ0v) is 9.72. The molecule has 0 aliphatic heterocycles. The Morgan fingerprint density at radius 1 is 1.36 bits per heavy atom. The molecule has 4 nitrogen and oxygen atoms in total. The topological polar surface area (TPSA) is 52.6 Å². The van der Waals surface area contributed by atoms with Crippen LogP contribution in [0.1, 0.15) is 20.3 Å². The van der Waals surface area contributed by atoms with E-state index in [0.29, 0.717) is 0 Å². The Morgan fingerprint density at radius 2 is 1.93 bits per heavy atom. The van der Waals surface area contributed by atoms with Gasteiger partial charge in [-0.3, -0.25) is 9.59 Å². The first-order valence-electron chi connectivity index (χ1n) is 4.26. The summed E-state index contributed by atoms with van der Waals surface area (Å²) in [5, 5.41) is -0.162. The average molecular weight is 220 g/mol. The van der Waals surface area contributed by atoms with Gasteiger partial charge in [0.1, 0.15) is 11.2 Å². The zero-order chi connectivity index (χ0) is 11.1. The third kappa shape index (κ3) is 5.24. The number of carbonyl (C=O) groups excluding carboxylic acids is 2. The van der Waals surface area contributed by atoms with Crippen LogP contribution in [0.5, 0.6) is 0 Å². The molecule has 2 atom stereocenters. The van der Waals surface area contributed by atoms with Gasteiger partial charge in [-0.25, -0.2) is 0 Å². The maximum atomic E-state index is 11.0. The van der Waals surface area contributed by atoms with E-state index in [1.54, 1.807) is 6.92 Å². The average Bonchev–Trinajstić information content (AvgIpc) is 2.16. The number of ether oxygens (including phenoxy) is 2. The van der Waals surface area contributed by atoms with Gasteiger partial charge in [-0.15, -0.1) is 11.8 Å². The lowest BCUT2D eigenvalue weighted by Crippen LogP contribution is -2.19. The number of hydrogen-bond acceptors (Lipinski definition) is 5. The van der Waals surface area contributed by atoms with Gasteiger partial charge in [-0.2, -0.15) is 0 Å². The van der Waals surface area contributed by atoms with Crippen molar-refractivity contribution < 1.29 is 19.1 Å². The van der Waals surface area contributed by atoms with Crippen molar-refractivity contribution in [2.24, 2.45) is 0 Å². The summed E-state index contributed by atoms with van der Waals surface area (Å²) < 4.78 is 9.56. The van der Waals surface area contributed by atoms with Gasteiger partial charge in [0.15, 0.2) is 0 Å². The molecule has 0 saturated carbocycles. The van der Waals surface area contributed by atoms with E-state index in [2.05, 4.69) is 4.74 Å². The molecule has 0 aromatic heterocycles. The van der Waals surface area contributed by atoms with Crippen LogP contribution < -0.4 is 0 Å². The molecular formula is C9H16O4S. The molecule has 0 amide bonds. The second-order valence-electron chi connectivity index (χ2n) is 2.83. The quantitative estimate of drug-likeness (QED) is 0.498. The summed E-state index contributed by atoms with van der Waals surface area (Å²) in [6, 6.07) is 0. The normalized spacial score (nSPS) is 14.6. The van der Waals surface area contributed by atoms with Gasteiger partial charge in [-0.05, 0) is 13.8 Å². The molecule has 82 valence electrons. The van der Waals surface area contributed by atoms with Crippen LogP contribution in [0.4, 0.5) is 0 Å². The Morgan fingerprint density at radius 3 is 2.29 bits per heavy atom. The predicted molar refractivity (Wildman–Crippen MR) is 55.2 cm³/mol. The summed E-state index contributed by atoms with van der Waals surface area (Å²) in [6.45, 7) is 3.30. The van der Waals surface area contributed by atoms with Crippen LogP contribution in [0.25, 0.3) is 0 Å². The Labute approximate surface area is 88.3 Å². The standard InChI is InChI=1S/C9H16O4S/c1-6(10)7(2)14-9(13-4)5-8(11)12-3/h7,9H,5H2,1-4H3. The summed E-state index contributed by atoms with van der Waals surface area (Å²) in [7, 11) is 2.83. The SMILES string of the molecule is COC(=O)CC(OC)SC(C)C(C)=O. The number of hydrogen-bond donors (Lipinski definition) is 0. The van der Waals surface area contributed by atoms with Crippen molar-refractivity contribution >= 4 is 23.5 Å². The van der Waals surface area contributed by atoms with E-state index in [1.807, 2.05) is 0 Å². The van der Waals surface area contributed by atoms with E-state index >= 15 is 0 Å². The van der Waals surface area contributed by atoms with Gasteiger partial charge in [0.25, 0.3) is 0 Å². The van der Waals surface area contributed by atoms with Gasteiger partial charge in [0, 0.05) is 7.11 Å². The van der Waals surface area contributed by atoms with E-state index in [9.17, 15) is 9.59 Å². The van der Waals surface area contributed by atoms with Crippen LogP contribution in [0.15, 0.2) is 0 Å². The first-order valence-corrected chi connectivity index (χ1v) is 5.21. The zero-order valence-electron chi connectivity index (χ0n) is 8.90. The minimum absolute atomic E-state index is 0.0712. The minimum atomic E-state index is -0.333. The smallest absolute Gasteiger partial charge is 0.309 e. The summed E-state index contributed by atoms with van der Waals surface area (Å²) >= 11 is 1.32. The molecule has 0 N–H and O–H groups in total. The van der Waals surface area contributed by atoms with Gasteiger partial charge >= 0.3 is 5.97 Å². The molecule has 0 aliphatic rings. The molecule has 0 aromatic rings. The third-order valence-corrected chi connectivity index (χ3v) is 3.16. The Bertz CT molecular complexity index is 205. The molecular weight excluding hydrogens is 204 g/mol. The molecule has 0 bridgehead atoms. The Balaban J connectivity index is 4.02. The Kier molecular flexibility index (Phi) is 6.57. The molecule has 0 radical (unpaired) electrons. The van der Waals surface area contributed by atoms with Crippen molar-refractivity contribution in [3.05, 3.63) is 0 Å². The fourth-order valence-electron chi connectivity index (χ4n) is 0.730. The van der Waals surface area contributed by atoms with E-state index in [4.69, 9.17) is 4.74 Å². The number of carbonyl (C=O) groups is 2. The van der Waals surface area contributed by atoms with Crippen LogP contribution in [0, 0.1) is 0 Å². The number of Topliss-reactive ketones (excluding diaryl/α,β-unsaturated/α-hetero) is 1. The lowest BCUT2D eigenvalue weighted by Gasteiger charge is -2.16. The van der Waals surface area contributed by atoms with Gasteiger partial charge in [0.2, 0.25) is 0 Å². The predicted octanol–water partition coefficient (Wildman–Crippen LogP) is 1.23. The number of ketones is 1. The summed E-state index contributed by atoms with van der Waals surface area (Å²) in [6.07, 6.45) is 0.162. The largest absolute Gasteiger partial charge is 0.469 e. The van der Waals surface area contributed by atoms with Crippen molar-refractivity contribution in [3.63, 3.8) is 0 Å². The summed E-state index contributed by atoms with van der Waals surface area (Å²) in [4.78, 5) is 21.9. The van der Waals surface area contributed by atoms with Gasteiger partial charge in [-0.1, -0.05) is 0 Å². The van der Waals surface area contributed by atoms with E-state index < -0.39 is 0 Å². The van der Waals surface area contributed by atoms with Crippen molar-refractivity contribution in [1.29, 1.82) is 0 Å². The van der Waals surface area contributed by atoms with Crippen LogP contribution in [0.2, 0.25) is 0 Å². The summed E-state index contributed by atoms with van der Waals surface area (Å²) in [5.74, 6) is -0.262. The highest BCUT2D eigenvalue weighted by atomic mass is 32.2. The third-order valence-electron chi connectivity index (χ3n) is 1.75. The molecule has 0 saturated heterocycles. The first kappa shape index (κ1) is 13.4. The van der Waals surface area contributed by atoms with E-state index in [1.165, 1.54) is 32.9 Å². The second-order valence-corrected chi connectivity index (χ2v) is 4.34. The van der Waals surface area contributed by atoms with Crippen molar-refractivity contribution in [3.8, 4) is 0 Å². The first-order chi connectivity index (χ1) is 6.51. The molecule has 0 aromatic carbocycles. The molecule has 0 fully saturated rings. The molecule has 14 heavy (non-hydrogen) atoms. The highest BCUT2D eigenvalue weighted by molar-refractivity contribution is 8.01. The maximum Gasteiger partial charge on any atom is 0.309 e. The fraction of sp³-hybridized carbons (Fsp3) is 0.778. The summed E-state index contributed by atoms with van der Waals surface area (Å²) in [5.41, 5.74) is -0.318. The molecule has 5 heteroatoms. The monoisotopic (exact) mass is 220 g/mol. The van der Waals surface area contributed by atoms with Crippen LogP contribution >= 0.6 is 11.8 Å². The Hall–Kier alpha value is -0.550. The van der Waals surface area contributed by atoms with Crippen molar-refractivity contribution in [1.82, 2.24) is 0 Å². The van der Waals surface area contributed by atoms with Crippen LogP contribution in [-0.2, 0) is 19.1 Å². The highest BCUT2D eigenvalue weighted by Crippen LogP contribution is 2.21. The molecule has 0 aliphatic carbocycles. The molecule has 2 unspecified atom stereocenters. The van der Waals surface area contributed by atoms with E-state index in [-0.39, 0.29) is 28.9 Å². The number of esters is 1. The molecule has 0 rings (SSSR count). The van der Waals surface area contributed by atoms with Gasteiger partial charge in [0.05, 0.1) is 18.8 Å². The van der Waals surface area contributed by atoms with E-state index in [0.717, 1.165) is 0 Å². The number of methoxy groups -OCH3 is 2. The van der Waals surface area contributed by atoms with Crippen LogP contribution in [0.3, 0.4) is 0 Å². The molecule has 0 heterocycles. The van der Waals surface area contributed by atoms with Crippen molar-refractivity contribution in [2.45, 2.75) is 31.0 Å². The fourth-order valence-corrected chi connectivity index (χ4v) is 1.72. The van der Waals surface area contributed by atoms with Crippen molar-refractivity contribution in [2.75, 3.05) is 14.2 Å². The molecule has 0 spiro atoms. The lowest BCUT2D eigenvalue weighted by atomic mass is 10.3. The minimum Gasteiger partial charge on any atom is -0.469 e. The van der Waals surface area contributed by atoms with Gasteiger partial charge < -0.3 is 9.47 Å².